The van der Waals surface area contributed by atoms with Crippen LogP contribution in [0.2, 0.25) is 0 Å². The number of hydrogen-bond acceptors (Lipinski definition) is 1. The van der Waals surface area contributed by atoms with E-state index in [1.165, 1.54) is 5.56 Å². The molecule has 0 unspecified atom stereocenters. The van der Waals surface area contributed by atoms with Crippen LogP contribution in [0.5, 0.6) is 0 Å². The van der Waals surface area contributed by atoms with E-state index in [9.17, 15) is 0 Å². The predicted molar refractivity (Wildman–Crippen MR) is 70.3 cm³/mol. The minimum absolute atomic E-state index is 0.412. The highest BCUT2D eigenvalue weighted by Gasteiger charge is 2.07. The van der Waals surface area contributed by atoms with Gasteiger partial charge in [-0.2, -0.15) is 0 Å². The molecule has 1 aromatic rings. The van der Waals surface area contributed by atoms with E-state index in [-0.39, 0.29) is 0 Å². The van der Waals surface area contributed by atoms with Crippen molar-refractivity contribution in [3.05, 3.63) is 29.8 Å². The van der Waals surface area contributed by atoms with Crippen molar-refractivity contribution in [2.45, 2.75) is 26.8 Å². The minimum atomic E-state index is 0.412. The summed E-state index contributed by atoms with van der Waals surface area (Å²) in [7, 11) is 2.00. The summed E-state index contributed by atoms with van der Waals surface area (Å²) in [5.74, 6) is 0. The third-order valence-corrected chi connectivity index (χ3v) is 2.75. The first-order valence-corrected chi connectivity index (χ1v) is 5.52. The molecule has 0 aromatic heterocycles. The molecular formula is C12H18N2S. The van der Waals surface area contributed by atoms with Crippen LogP contribution in [0.15, 0.2) is 24.3 Å². The molecule has 0 bridgehead atoms. The van der Waals surface area contributed by atoms with Gasteiger partial charge in [0.15, 0.2) is 5.11 Å². The van der Waals surface area contributed by atoms with Crippen molar-refractivity contribution < 1.29 is 0 Å². The van der Waals surface area contributed by atoms with E-state index in [1.54, 1.807) is 0 Å². The van der Waals surface area contributed by atoms with Crippen molar-refractivity contribution >= 4 is 23.0 Å². The van der Waals surface area contributed by atoms with Gasteiger partial charge >= 0.3 is 0 Å². The number of anilines is 1. The van der Waals surface area contributed by atoms with Crippen molar-refractivity contribution in [3.63, 3.8) is 0 Å². The lowest BCUT2D eigenvalue weighted by atomic mass is 10.2. The first-order chi connectivity index (χ1) is 7.00. The second kappa shape index (κ2) is 5.12. The zero-order chi connectivity index (χ0) is 11.4. The van der Waals surface area contributed by atoms with Crippen LogP contribution >= 0.6 is 12.2 Å². The van der Waals surface area contributed by atoms with Crippen LogP contribution in [0.3, 0.4) is 0 Å². The Morgan fingerprint density at radius 3 is 2.60 bits per heavy atom. The third kappa shape index (κ3) is 3.51. The number of nitrogens with one attached hydrogen (secondary N) is 1. The van der Waals surface area contributed by atoms with Gasteiger partial charge in [0.25, 0.3) is 0 Å². The molecule has 15 heavy (non-hydrogen) atoms. The summed E-state index contributed by atoms with van der Waals surface area (Å²) in [6, 6.07) is 8.61. The molecule has 1 N–H and O–H groups in total. The minimum Gasteiger partial charge on any atom is -0.350 e. The van der Waals surface area contributed by atoms with Gasteiger partial charge in [0, 0.05) is 18.8 Å². The van der Waals surface area contributed by atoms with Gasteiger partial charge in [0.2, 0.25) is 0 Å². The van der Waals surface area contributed by atoms with E-state index in [4.69, 9.17) is 12.2 Å². The molecule has 0 radical (unpaired) electrons. The van der Waals surface area contributed by atoms with Crippen molar-refractivity contribution in [2.75, 3.05) is 12.4 Å². The van der Waals surface area contributed by atoms with Crippen LogP contribution in [-0.4, -0.2) is 23.1 Å². The van der Waals surface area contributed by atoms with Crippen molar-refractivity contribution in [3.8, 4) is 0 Å². The average Bonchev–Trinajstić information content (AvgIpc) is 2.16. The topological polar surface area (TPSA) is 15.3 Å². The third-order valence-electron chi connectivity index (χ3n) is 2.36. The van der Waals surface area contributed by atoms with E-state index >= 15 is 0 Å². The first kappa shape index (κ1) is 12.0. The Balaban J connectivity index is 2.66. The fraction of sp³-hybridized carbons (Fsp3) is 0.417. The summed E-state index contributed by atoms with van der Waals surface area (Å²) in [6.07, 6.45) is 0. The molecule has 0 aliphatic carbocycles. The molecule has 0 saturated heterocycles. The molecule has 0 atom stereocenters. The van der Waals surface area contributed by atoms with E-state index in [2.05, 4.69) is 38.2 Å². The zero-order valence-electron chi connectivity index (χ0n) is 9.74. The Morgan fingerprint density at radius 1 is 1.40 bits per heavy atom. The van der Waals surface area contributed by atoms with Gasteiger partial charge < -0.3 is 10.2 Å². The maximum Gasteiger partial charge on any atom is 0.173 e. The molecule has 0 heterocycles. The van der Waals surface area contributed by atoms with Crippen molar-refractivity contribution in [1.29, 1.82) is 0 Å². The van der Waals surface area contributed by atoms with Gasteiger partial charge in [-0.1, -0.05) is 12.1 Å². The number of nitrogens with zero attached hydrogens (tertiary/aromatic N) is 1. The fourth-order valence-corrected chi connectivity index (χ4v) is 1.50. The molecule has 82 valence electrons. The Hall–Kier alpha value is -1.09. The fourth-order valence-electron chi connectivity index (χ4n) is 1.17. The van der Waals surface area contributed by atoms with Gasteiger partial charge in [-0.15, -0.1) is 0 Å². The smallest absolute Gasteiger partial charge is 0.173 e. The maximum atomic E-state index is 5.29. The quantitative estimate of drug-likeness (QED) is 0.774. The van der Waals surface area contributed by atoms with E-state index < -0.39 is 0 Å². The molecule has 0 aliphatic rings. The van der Waals surface area contributed by atoms with Crippen molar-refractivity contribution in [1.82, 2.24) is 4.90 Å². The highest BCUT2D eigenvalue weighted by molar-refractivity contribution is 7.80. The van der Waals surface area contributed by atoms with Crippen LogP contribution in [-0.2, 0) is 0 Å². The van der Waals surface area contributed by atoms with E-state index in [0.717, 1.165) is 10.8 Å². The number of benzene rings is 1. The number of hydrogen-bond donors (Lipinski definition) is 1. The van der Waals surface area contributed by atoms with Crippen molar-refractivity contribution in [2.24, 2.45) is 0 Å². The van der Waals surface area contributed by atoms with Gasteiger partial charge in [-0.05, 0) is 50.7 Å². The highest BCUT2D eigenvalue weighted by atomic mass is 32.1. The van der Waals surface area contributed by atoms with Gasteiger partial charge in [-0.25, -0.2) is 0 Å². The first-order valence-electron chi connectivity index (χ1n) is 5.11. The highest BCUT2D eigenvalue weighted by Crippen LogP contribution is 2.10. The lowest BCUT2D eigenvalue weighted by Gasteiger charge is -2.24. The summed E-state index contributed by atoms with van der Waals surface area (Å²) >= 11 is 5.29. The van der Waals surface area contributed by atoms with E-state index in [0.29, 0.717) is 6.04 Å². The lowest BCUT2D eigenvalue weighted by Crippen LogP contribution is -2.36. The largest absolute Gasteiger partial charge is 0.350 e. The number of thiocarbonyl (C=S) groups is 1. The van der Waals surface area contributed by atoms with Crippen LogP contribution in [0.25, 0.3) is 0 Å². The molecule has 2 nitrogen and oxygen atoms in total. The second-order valence-corrected chi connectivity index (χ2v) is 4.39. The summed E-state index contributed by atoms with van der Waals surface area (Å²) in [5.41, 5.74) is 2.28. The Bertz CT molecular complexity index is 347. The molecule has 0 aliphatic heterocycles. The standard InChI is InChI=1S/C12H18N2S/c1-9(2)14(4)12(15)13-11-7-5-6-10(3)8-11/h5-9H,1-4H3,(H,13,15). The average molecular weight is 222 g/mol. The van der Waals surface area contributed by atoms with Crippen LogP contribution in [0.1, 0.15) is 19.4 Å². The maximum absolute atomic E-state index is 5.29. The summed E-state index contributed by atoms with van der Waals surface area (Å²) < 4.78 is 0. The molecule has 0 saturated carbocycles. The zero-order valence-corrected chi connectivity index (χ0v) is 10.6. The summed E-state index contributed by atoms with van der Waals surface area (Å²) in [5, 5.41) is 3.98. The van der Waals surface area contributed by atoms with E-state index in [1.807, 2.05) is 24.1 Å². The Morgan fingerprint density at radius 2 is 2.07 bits per heavy atom. The number of rotatable bonds is 2. The summed E-state index contributed by atoms with van der Waals surface area (Å²) in [6.45, 7) is 6.30. The second-order valence-electron chi connectivity index (χ2n) is 4.00. The van der Waals surface area contributed by atoms with Gasteiger partial charge in [0.1, 0.15) is 0 Å². The molecule has 1 rings (SSSR count). The van der Waals surface area contributed by atoms with Crippen LogP contribution < -0.4 is 5.32 Å². The van der Waals surface area contributed by atoms with Crippen LogP contribution in [0.4, 0.5) is 5.69 Å². The molecule has 1 aromatic carbocycles. The van der Waals surface area contributed by atoms with Gasteiger partial charge in [-0.3, -0.25) is 0 Å². The normalized spacial score (nSPS) is 10.2. The molecule has 0 spiro atoms. The number of aryl methyl sites for hydroxylation is 1. The monoisotopic (exact) mass is 222 g/mol. The molecule has 0 fully saturated rings. The molecule has 3 heteroatoms. The lowest BCUT2D eigenvalue weighted by molar-refractivity contribution is 0.423. The molecular weight excluding hydrogens is 204 g/mol. The van der Waals surface area contributed by atoms with Crippen LogP contribution in [0, 0.1) is 6.92 Å². The Labute approximate surface area is 97.3 Å². The Kier molecular flexibility index (Phi) is 4.09. The van der Waals surface area contributed by atoms with Gasteiger partial charge in [0.05, 0.1) is 0 Å². The molecule has 0 amide bonds. The SMILES string of the molecule is Cc1cccc(NC(=S)N(C)C(C)C)c1. The summed E-state index contributed by atoms with van der Waals surface area (Å²) in [4.78, 5) is 2.04. The predicted octanol–water partition coefficient (Wildman–Crippen LogP) is 3.03.